The van der Waals surface area contributed by atoms with E-state index in [9.17, 15) is 0 Å². The van der Waals surface area contributed by atoms with Crippen molar-refractivity contribution < 1.29 is 4.42 Å². The van der Waals surface area contributed by atoms with Crippen LogP contribution in [0.4, 0.5) is 5.69 Å². The van der Waals surface area contributed by atoms with Gasteiger partial charge in [0, 0.05) is 18.3 Å². The third-order valence-electron chi connectivity index (χ3n) is 2.94. The van der Waals surface area contributed by atoms with Crippen LogP contribution in [-0.2, 0) is 0 Å². The van der Waals surface area contributed by atoms with E-state index in [-0.39, 0.29) is 0 Å². The molecular formula is C15H11N3O. The second-order valence-corrected chi connectivity index (χ2v) is 4.14. The van der Waals surface area contributed by atoms with Gasteiger partial charge in [0.25, 0.3) is 0 Å². The van der Waals surface area contributed by atoms with Crippen LogP contribution in [0, 0.1) is 11.3 Å². The second kappa shape index (κ2) is 4.46. The van der Waals surface area contributed by atoms with Crippen LogP contribution in [0.1, 0.15) is 5.56 Å². The highest BCUT2D eigenvalue weighted by Gasteiger charge is 2.08. The number of nitrogens with one attached hydrogen (secondary N) is 1. The van der Waals surface area contributed by atoms with Crippen LogP contribution in [0.15, 0.2) is 46.9 Å². The average molecular weight is 249 g/mol. The zero-order chi connectivity index (χ0) is 13.2. The predicted molar refractivity (Wildman–Crippen MR) is 73.7 cm³/mol. The summed E-state index contributed by atoms with van der Waals surface area (Å²) in [7, 11) is 1.86. The second-order valence-electron chi connectivity index (χ2n) is 4.14. The van der Waals surface area contributed by atoms with Crippen molar-refractivity contribution in [3.63, 3.8) is 0 Å². The highest BCUT2D eigenvalue weighted by atomic mass is 16.3. The summed E-state index contributed by atoms with van der Waals surface area (Å²) in [4.78, 5) is 4.46. The van der Waals surface area contributed by atoms with Crippen LogP contribution in [0.3, 0.4) is 0 Å². The first-order chi connectivity index (χ1) is 9.30. The Morgan fingerprint density at radius 2 is 1.95 bits per heavy atom. The Kier molecular flexibility index (Phi) is 2.66. The fourth-order valence-corrected chi connectivity index (χ4v) is 1.89. The Hall–Kier alpha value is -2.80. The van der Waals surface area contributed by atoms with E-state index in [1.54, 1.807) is 12.1 Å². The molecule has 1 aromatic heterocycles. The van der Waals surface area contributed by atoms with Gasteiger partial charge >= 0.3 is 0 Å². The molecule has 3 aromatic rings. The molecule has 4 heteroatoms. The topological polar surface area (TPSA) is 61.9 Å². The van der Waals surface area contributed by atoms with Crippen LogP contribution < -0.4 is 5.32 Å². The molecule has 0 saturated heterocycles. The van der Waals surface area contributed by atoms with E-state index in [1.165, 1.54) is 0 Å². The number of benzene rings is 2. The fraction of sp³-hybridized carbons (Fsp3) is 0.0667. The van der Waals surface area contributed by atoms with Gasteiger partial charge in [-0.05, 0) is 42.5 Å². The molecule has 0 aliphatic rings. The van der Waals surface area contributed by atoms with Gasteiger partial charge in [0.2, 0.25) is 5.89 Å². The Balaban J connectivity index is 2.07. The summed E-state index contributed by atoms with van der Waals surface area (Å²) in [6.45, 7) is 0. The summed E-state index contributed by atoms with van der Waals surface area (Å²) < 4.78 is 5.71. The molecule has 0 fully saturated rings. The van der Waals surface area contributed by atoms with Crippen LogP contribution in [-0.4, -0.2) is 12.0 Å². The number of fused-ring (bicyclic) bond motifs is 1. The largest absolute Gasteiger partial charge is 0.436 e. The van der Waals surface area contributed by atoms with Crippen molar-refractivity contribution in [3.8, 4) is 17.5 Å². The van der Waals surface area contributed by atoms with Gasteiger partial charge < -0.3 is 9.73 Å². The van der Waals surface area contributed by atoms with Gasteiger partial charge in [-0.25, -0.2) is 4.98 Å². The van der Waals surface area contributed by atoms with Crippen molar-refractivity contribution in [1.29, 1.82) is 5.26 Å². The number of aromatic nitrogens is 1. The summed E-state index contributed by atoms with van der Waals surface area (Å²) >= 11 is 0. The van der Waals surface area contributed by atoms with E-state index in [4.69, 9.17) is 9.68 Å². The Morgan fingerprint density at radius 1 is 1.16 bits per heavy atom. The molecule has 0 amide bonds. The monoisotopic (exact) mass is 249 g/mol. The summed E-state index contributed by atoms with van der Waals surface area (Å²) in [5.74, 6) is 0.563. The zero-order valence-corrected chi connectivity index (χ0v) is 10.3. The number of nitrogens with zero attached hydrogens (tertiary/aromatic N) is 2. The minimum Gasteiger partial charge on any atom is -0.436 e. The molecule has 1 heterocycles. The van der Waals surface area contributed by atoms with E-state index in [1.807, 2.05) is 37.4 Å². The summed E-state index contributed by atoms with van der Waals surface area (Å²) in [5.41, 5.74) is 4.04. The predicted octanol–water partition coefficient (Wildman–Crippen LogP) is 3.41. The summed E-state index contributed by atoms with van der Waals surface area (Å²) in [5, 5.41) is 11.8. The molecule has 0 unspecified atom stereocenters. The molecule has 0 bridgehead atoms. The molecule has 2 aromatic carbocycles. The molecule has 0 atom stereocenters. The SMILES string of the molecule is CNc1ccc2oc(-c3ccc(C#N)cc3)nc2c1. The van der Waals surface area contributed by atoms with Gasteiger partial charge in [-0.3, -0.25) is 0 Å². The lowest BCUT2D eigenvalue weighted by atomic mass is 10.1. The molecule has 19 heavy (non-hydrogen) atoms. The summed E-state index contributed by atoms with van der Waals surface area (Å²) in [6.07, 6.45) is 0. The number of anilines is 1. The molecule has 1 N–H and O–H groups in total. The molecule has 92 valence electrons. The number of hydrogen-bond donors (Lipinski definition) is 1. The Bertz CT molecular complexity index is 766. The Labute approximate surface area is 110 Å². The minimum absolute atomic E-state index is 0.563. The van der Waals surface area contributed by atoms with Crippen LogP contribution in [0.25, 0.3) is 22.6 Å². The van der Waals surface area contributed by atoms with Crippen LogP contribution in [0.2, 0.25) is 0 Å². The normalized spacial score (nSPS) is 10.3. The smallest absolute Gasteiger partial charge is 0.227 e. The summed E-state index contributed by atoms with van der Waals surface area (Å²) in [6, 6.07) is 15.0. The van der Waals surface area contributed by atoms with Crippen molar-refractivity contribution in [2.75, 3.05) is 12.4 Å². The minimum atomic E-state index is 0.563. The number of oxazole rings is 1. The van der Waals surface area contributed by atoms with Gasteiger partial charge in [-0.15, -0.1) is 0 Å². The zero-order valence-electron chi connectivity index (χ0n) is 10.3. The quantitative estimate of drug-likeness (QED) is 0.756. The average Bonchev–Trinajstić information content (AvgIpc) is 2.90. The lowest BCUT2D eigenvalue weighted by Crippen LogP contribution is -1.86. The van der Waals surface area contributed by atoms with Gasteiger partial charge in [-0.2, -0.15) is 5.26 Å². The van der Waals surface area contributed by atoms with Crippen molar-refractivity contribution in [2.24, 2.45) is 0 Å². The van der Waals surface area contributed by atoms with E-state index in [2.05, 4.69) is 16.4 Å². The van der Waals surface area contributed by atoms with E-state index >= 15 is 0 Å². The molecule has 0 spiro atoms. The van der Waals surface area contributed by atoms with Crippen LogP contribution in [0.5, 0.6) is 0 Å². The first-order valence-corrected chi connectivity index (χ1v) is 5.89. The molecular weight excluding hydrogens is 238 g/mol. The highest BCUT2D eigenvalue weighted by molar-refractivity contribution is 5.80. The standard InChI is InChI=1S/C15H11N3O/c1-17-12-6-7-14-13(8-12)18-15(19-14)11-4-2-10(9-16)3-5-11/h2-8,17H,1H3. The number of nitriles is 1. The molecule has 0 saturated carbocycles. The maximum Gasteiger partial charge on any atom is 0.227 e. The fourth-order valence-electron chi connectivity index (χ4n) is 1.89. The van der Waals surface area contributed by atoms with Gasteiger partial charge in [-0.1, -0.05) is 0 Å². The maximum absolute atomic E-state index is 8.78. The van der Waals surface area contributed by atoms with Crippen molar-refractivity contribution in [3.05, 3.63) is 48.0 Å². The number of rotatable bonds is 2. The maximum atomic E-state index is 8.78. The van der Waals surface area contributed by atoms with Gasteiger partial charge in [0.05, 0.1) is 11.6 Å². The van der Waals surface area contributed by atoms with E-state index < -0.39 is 0 Å². The first kappa shape index (κ1) is 11.3. The van der Waals surface area contributed by atoms with E-state index in [0.29, 0.717) is 11.5 Å². The van der Waals surface area contributed by atoms with E-state index in [0.717, 1.165) is 22.4 Å². The molecule has 0 aliphatic heterocycles. The lowest BCUT2D eigenvalue weighted by Gasteiger charge is -1.96. The van der Waals surface area contributed by atoms with Crippen molar-refractivity contribution >= 4 is 16.8 Å². The van der Waals surface area contributed by atoms with Crippen LogP contribution >= 0.6 is 0 Å². The first-order valence-electron chi connectivity index (χ1n) is 5.89. The molecule has 0 radical (unpaired) electrons. The molecule has 0 aliphatic carbocycles. The highest BCUT2D eigenvalue weighted by Crippen LogP contribution is 2.26. The van der Waals surface area contributed by atoms with Crippen molar-refractivity contribution in [1.82, 2.24) is 4.98 Å². The molecule has 3 rings (SSSR count). The number of hydrogen-bond acceptors (Lipinski definition) is 4. The van der Waals surface area contributed by atoms with Gasteiger partial charge in [0.15, 0.2) is 5.58 Å². The van der Waals surface area contributed by atoms with Gasteiger partial charge in [0.1, 0.15) is 5.52 Å². The third kappa shape index (κ3) is 2.02. The lowest BCUT2D eigenvalue weighted by molar-refractivity contribution is 0.620. The molecule has 4 nitrogen and oxygen atoms in total. The Morgan fingerprint density at radius 3 is 2.63 bits per heavy atom. The van der Waals surface area contributed by atoms with Crippen molar-refractivity contribution in [2.45, 2.75) is 0 Å². The third-order valence-corrected chi connectivity index (χ3v) is 2.94.